The molecule has 0 aliphatic carbocycles. The van der Waals surface area contributed by atoms with Crippen LogP contribution in [-0.4, -0.2) is 0 Å². The van der Waals surface area contributed by atoms with Crippen LogP contribution in [0.25, 0.3) is 0 Å². The Morgan fingerprint density at radius 1 is 1.26 bits per heavy atom. The van der Waals surface area contributed by atoms with Gasteiger partial charge in [0, 0.05) is 15.5 Å². The monoisotopic (exact) mass is 341 g/mol. The van der Waals surface area contributed by atoms with E-state index in [9.17, 15) is 4.39 Å². The van der Waals surface area contributed by atoms with Gasteiger partial charge in [-0.1, -0.05) is 39.7 Å². The van der Waals surface area contributed by atoms with Gasteiger partial charge < -0.3 is 5.73 Å². The van der Waals surface area contributed by atoms with Crippen LogP contribution in [0.2, 0.25) is 5.02 Å². The Kier molecular flexibility index (Phi) is 4.61. The van der Waals surface area contributed by atoms with Crippen molar-refractivity contribution in [2.45, 2.75) is 19.4 Å². The fourth-order valence-electron chi connectivity index (χ4n) is 2.04. The van der Waals surface area contributed by atoms with E-state index in [-0.39, 0.29) is 11.9 Å². The van der Waals surface area contributed by atoms with Gasteiger partial charge in [0.05, 0.1) is 0 Å². The molecular formula is C15H14BrClFN. The van der Waals surface area contributed by atoms with Crippen molar-refractivity contribution in [3.8, 4) is 0 Å². The Bertz CT molecular complexity index is 601. The molecule has 1 unspecified atom stereocenters. The van der Waals surface area contributed by atoms with E-state index in [0.717, 1.165) is 21.2 Å². The quantitative estimate of drug-likeness (QED) is 0.852. The molecule has 2 aromatic rings. The van der Waals surface area contributed by atoms with Gasteiger partial charge in [-0.25, -0.2) is 4.39 Å². The third-order valence-electron chi connectivity index (χ3n) is 3.10. The number of benzene rings is 2. The van der Waals surface area contributed by atoms with Gasteiger partial charge in [-0.05, 0) is 54.3 Å². The summed E-state index contributed by atoms with van der Waals surface area (Å²) in [5, 5.41) is 0.666. The maximum Gasteiger partial charge on any atom is 0.123 e. The molecule has 0 fully saturated rings. The minimum atomic E-state index is -0.269. The highest BCUT2D eigenvalue weighted by atomic mass is 79.9. The lowest BCUT2D eigenvalue weighted by Crippen LogP contribution is -2.15. The van der Waals surface area contributed by atoms with Crippen LogP contribution >= 0.6 is 27.5 Å². The molecule has 0 bridgehead atoms. The SMILES string of the molecule is Cc1ccc(F)cc1C(N)Cc1ccc(Br)cc1Cl. The molecule has 1 atom stereocenters. The number of hydrogen-bond donors (Lipinski definition) is 1. The molecule has 2 aromatic carbocycles. The maximum atomic E-state index is 13.3. The van der Waals surface area contributed by atoms with E-state index in [1.165, 1.54) is 12.1 Å². The topological polar surface area (TPSA) is 26.0 Å². The Labute approximate surface area is 125 Å². The molecule has 0 amide bonds. The first kappa shape index (κ1) is 14.5. The molecule has 100 valence electrons. The van der Waals surface area contributed by atoms with Crippen LogP contribution < -0.4 is 5.73 Å². The smallest absolute Gasteiger partial charge is 0.123 e. The molecule has 0 spiro atoms. The van der Waals surface area contributed by atoms with Gasteiger partial charge in [0.1, 0.15) is 5.82 Å². The second kappa shape index (κ2) is 6.04. The van der Waals surface area contributed by atoms with Crippen LogP contribution in [0, 0.1) is 12.7 Å². The number of hydrogen-bond acceptors (Lipinski definition) is 1. The standard InChI is InChI=1S/C15H14BrClFN/c1-9-2-5-12(18)8-13(9)15(19)6-10-3-4-11(16)7-14(10)17/h2-5,7-8,15H,6,19H2,1H3. The molecule has 4 heteroatoms. The fraction of sp³-hybridized carbons (Fsp3) is 0.200. The minimum Gasteiger partial charge on any atom is -0.324 e. The van der Waals surface area contributed by atoms with Crippen molar-refractivity contribution in [1.82, 2.24) is 0 Å². The minimum absolute atomic E-state index is 0.266. The van der Waals surface area contributed by atoms with Crippen LogP contribution in [0.5, 0.6) is 0 Å². The van der Waals surface area contributed by atoms with Gasteiger partial charge in [0.15, 0.2) is 0 Å². The molecule has 0 radical (unpaired) electrons. The van der Waals surface area contributed by atoms with Crippen molar-refractivity contribution in [3.63, 3.8) is 0 Å². The molecule has 19 heavy (non-hydrogen) atoms. The summed E-state index contributed by atoms with van der Waals surface area (Å²) in [6.07, 6.45) is 0.580. The van der Waals surface area contributed by atoms with Crippen LogP contribution in [0.3, 0.4) is 0 Å². The van der Waals surface area contributed by atoms with Crippen LogP contribution in [0.1, 0.15) is 22.7 Å². The molecule has 0 aliphatic rings. The molecule has 0 aromatic heterocycles. The molecule has 0 heterocycles. The molecule has 2 rings (SSSR count). The lowest BCUT2D eigenvalue weighted by Gasteiger charge is -2.16. The normalized spacial score (nSPS) is 12.5. The number of rotatable bonds is 3. The predicted octanol–water partition coefficient (Wildman–Crippen LogP) is 4.79. The predicted molar refractivity (Wildman–Crippen MR) is 80.9 cm³/mol. The number of halogens is 3. The number of aryl methyl sites for hydroxylation is 1. The summed E-state index contributed by atoms with van der Waals surface area (Å²) < 4.78 is 14.2. The average molecular weight is 343 g/mol. The summed E-state index contributed by atoms with van der Waals surface area (Å²) >= 11 is 9.54. The van der Waals surface area contributed by atoms with E-state index in [1.807, 2.05) is 25.1 Å². The van der Waals surface area contributed by atoms with Crippen molar-refractivity contribution in [3.05, 3.63) is 68.4 Å². The summed E-state index contributed by atoms with van der Waals surface area (Å²) in [6.45, 7) is 1.93. The first-order valence-electron chi connectivity index (χ1n) is 5.93. The lowest BCUT2D eigenvalue weighted by molar-refractivity contribution is 0.617. The van der Waals surface area contributed by atoms with Crippen molar-refractivity contribution in [1.29, 1.82) is 0 Å². The highest BCUT2D eigenvalue weighted by molar-refractivity contribution is 9.10. The van der Waals surface area contributed by atoms with E-state index in [4.69, 9.17) is 17.3 Å². The van der Waals surface area contributed by atoms with Gasteiger partial charge in [-0.2, -0.15) is 0 Å². The summed E-state index contributed by atoms with van der Waals surface area (Å²) in [5.74, 6) is -0.266. The zero-order valence-corrected chi connectivity index (χ0v) is 12.8. The van der Waals surface area contributed by atoms with Crippen LogP contribution in [-0.2, 0) is 6.42 Å². The molecule has 2 N–H and O–H groups in total. The Morgan fingerprint density at radius 3 is 2.68 bits per heavy atom. The van der Waals surface area contributed by atoms with Crippen molar-refractivity contribution in [2.75, 3.05) is 0 Å². The van der Waals surface area contributed by atoms with E-state index < -0.39 is 0 Å². The number of nitrogens with two attached hydrogens (primary N) is 1. The van der Waals surface area contributed by atoms with Gasteiger partial charge in [0.25, 0.3) is 0 Å². The van der Waals surface area contributed by atoms with E-state index in [2.05, 4.69) is 15.9 Å². The first-order chi connectivity index (χ1) is 8.97. The zero-order valence-electron chi connectivity index (χ0n) is 10.5. The van der Waals surface area contributed by atoms with Crippen molar-refractivity contribution >= 4 is 27.5 Å². The third kappa shape index (κ3) is 3.56. The van der Waals surface area contributed by atoms with Crippen LogP contribution in [0.4, 0.5) is 4.39 Å². The van der Waals surface area contributed by atoms with Gasteiger partial charge in [-0.15, -0.1) is 0 Å². The Hall–Kier alpha value is -0.900. The van der Waals surface area contributed by atoms with Crippen molar-refractivity contribution in [2.24, 2.45) is 5.73 Å². The fourth-order valence-corrected chi connectivity index (χ4v) is 2.80. The molecule has 1 nitrogen and oxygen atoms in total. The summed E-state index contributed by atoms with van der Waals surface area (Å²) in [4.78, 5) is 0. The van der Waals surface area contributed by atoms with E-state index in [1.54, 1.807) is 6.07 Å². The molecular weight excluding hydrogens is 329 g/mol. The van der Waals surface area contributed by atoms with E-state index >= 15 is 0 Å². The second-order valence-corrected chi connectivity index (χ2v) is 5.87. The van der Waals surface area contributed by atoms with Gasteiger partial charge in [0.2, 0.25) is 0 Å². The largest absolute Gasteiger partial charge is 0.324 e. The first-order valence-corrected chi connectivity index (χ1v) is 7.10. The maximum absolute atomic E-state index is 13.3. The Morgan fingerprint density at radius 2 is 2.00 bits per heavy atom. The highest BCUT2D eigenvalue weighted by Gasteiger charge is 2.13. The lowest BCUT2D eigenvalue weighted by atomic mass is 9.96. The van der Waals surface area contributed by atoms with Gasteiger partial charge >= 0.3 is 0 Å². The summed E-state index contributed by atoms with van der Waals surface area (Å²) in [7, 11) is 0. The van der Waals surface area contributed by atoms with E-state index in [0.29, 0.717) is 11.4 Å². The van der Waals surface area contributed by atoms with Gasteiger partial charge in [-0.3, -0.25) is 0 Å². The molecule has 0 saturated carbocycles. The third-order valence-corrected chi connectivity index (χ3v) is 3.94. The molecule has 0 aliphatic heterocycles. The average Bonchev–Trinajstić information content (AvgIpc) is 2.35. The highest BCUT2D eigenvalue weighted by Crippen LogP contribution is 2.26. The van der Waals surface area contributed by atoms with Crippen LogP contribution in [0.15, 0.2) is 40.9 Å². The molecule has 0 saturated heterocycles. The van der Waals surface area contributed by atoms with Crippen molar-refractivity contribution < 1.29 is 4.39 Å². The second-order valence-electron chi connectivity index (χ2n) is 4.55. The zero-order chi connectivity index (χ0) is 14.0. The summed E-state index contributed by atoms with van der Waals surface area (Å²) in [5.41, 5.74) is 8.93. The summed E-state index contributed by atoms with van der Waals surface area (Å²) in [6, 6.07) is 10.1. The Balaban J connectivity index is 2.25.